The molecule has 1 atom stereocenters. The zero-order chi connectivity index (χ0) is 20.8. The van der Waals surface area contributed by atoms with Gasteiger partial charge in [-0.05, 0) is 61.5 Å². The highest BCUT2D eigenvalue weighted by molar-refractivity contribution is 7.12. The Bertz CT molecular complexity index is 938. The first kappa shape index (κ1) is 20.6. The molecule has 1 N–H and O–H groups in total. The average Bonchev–Trinajstić information content (AvgIpc) is 3.34. The Kier molecular flexibility index (Phi) is 6.77. The van der Waals surface area contributed by atoms with Crippen LogP contribution < -0.4 is 10.1 Å². The van der Waals surface area contributed by atoms with Gasteiger partial charge in [0.05, 0.1) is 23.7 Å². The molecule has 1 amide bonds. The number of thiophene rings is 1. The number of likely N-dealkylation sites (tertiary alicyclic amines) is 1. The smallest absolute Gasteiger partial charge is 0.261 e. The first-order chi connectivity index (χ1) is 14.7. The van der Waals surface area contributed by atoms with Crippen molar-refractivity contribution in [2.45, 2.75) is 25.4 Å². The van der Waals surface area contributed by atoms with Crippen LogP contribution in [0.5, 0.6) is 5.75 Å². The summed E-state index contributed by atoms with van der Waals surface area (Å²) in [5.74, 6) is 1.28. The van der Waals surface area contributed by atoms with Gasteiger partial charge in [-0.15, -0.1) is 11.3 Å². The maximum atomic E-state index is 12.8. The maximum Gasteiger partial charge on any atom is 0.261 e. The summed E-state index contributed by atoms with van der Waals surface area (Å²) in [4.78, 5) is 20.5. The molecule has 1 aromatic carbocycles. The molecule has 1 fully saturated rings. The Morgan fingerprint density at radius 3 is 2.67 bits per heavy atom. The average molecular weight is 422 g/mol. The molecule has 4 rings (SSSR count). The number of para-hydroxylation sites is 1. The monoisotopic (exact) mass is 421 g/mol. The van der Waals surface area contributed by atoms with E-state index in [0.717, 1.165) is 48.8 Å². The number of pyridine rings is 1. The van der Waals surface area contributed by atoms with Gasteiger partial charge in [0.25, 0.3) is 5.91 Å². The Morgan fingerprint density at radius 1 is 1.17 bits per heavy atom. The SMILES string of the molecule is COc1ccccc1CN1CCC([C@H](NC(=O)c2cccs2)c2ccccn2)CC1. The van der Waals surface area contributed by atoms with Crippen molar-refractivity contribution < 1.29 is 9.53 Å². The summed E-state index contributed by atoms with van der Waals surface area (Å²) in [6.07, 6.45) is 3.83. The molecule has 1 saturated heterocycles. The number of nitrogens with zero attached hydrogens (tertiary/aromatic N) is 2. The van der Waals surface area contributed by atoms with E-state index < -0.39 is 0 Å². The Hall–Kier alpha value is -2.70. The molecule has 1 aliphatic heterocycles. The third kappa shape index (κ3) is 4.89. The van der Waals surface area contributed by atoms with Crippen molar-refractivity contribution in [2.75, 3.05) is 20.2 Å². The molecule has 3 aromatic rings. The third-order valence-corrected chi connectivity index (χ3v) is 6.60. The number of hydrogen-bond acceptors (Lipinski definition) is 5. The van der Waals surface area contributed by atoms with E-state index in [-0.39, 0.29) is 11.9 Å². The summed E-state index contributed by atoms with van der Waals surface area (Å²) in [7, 11) is 1.72. The molecule has 0 radical (unpaired) electrons. The lowest BCUT2D eigenvalue weighted by Gasteiger charge is -2.36. The van der Waals surface area contributed by atoms with Gasteiger partial charge in [0.15, 0.2) is 0 Å². The largest absolute Gasteiger partial charge is 0.496 e. The minimum atomic E-state index is -0.0748. The topological polar surface area (TPSA) is 54.5 Å². The van der Waals surface area contributed by atoms with Gasteiger partial charge >= 0.3 is 0 Å². The fourth-order valence-corrected chi connectivity index (χ4v) is 4.76. The molecule has 2 aromatic heterocycles. The zero-order valence-electron chi connectivity index (χ0n) is 17.2. The normalized spacial score (nSPS) is 16.2. The highest BCUT2D eigenvalue weighted by atomic mass is 32.1. The van der Waals surface area contributed by atoms with Crippen LogP contribution in [0.2, 0.25) is 0 Å². The number of rotatable bonds is 7. The van der Waals surface area contributed by atoms with Gasteiger partial charge in [-0.1, -0.05) is 30.3 Å². The second kappa shape index (κ2) is 9.87. The highest BCUT2D eigenvalue weighted by Gasteiger charge is 2.30. The number of amides is 1. The lowest BCUT2D eigenvalue weighted by molar-refractivity contribution is 0.0892. The number of benzene rings is 1. The molecule has 1 aliphatic rings. The highest BCUT2D eigenvalue weighted by Crippen LogP contribution is 2.31. The van der Waals surface area contributed by atoms with Crippen LogP contribution in [-0.4, -0.2) is 36.0 Å². The van der Waals surface area contributed by atoms with Crippen molar-refractivity contribution in [1.29, 1.82) is 0 Å². The van der Waals surface area contributed by atoms with Crippen LogP contribution in [0.15, 0.2) is 66.2 Å². The number of piperidine rings is 1. The fourth-order valence-electron chi connectivity index (χ4n) is 4.13. The number of nitrogens with one attached hydrogen (secondary N) is 1. The second-order valence-corrected chi connectivity index (χ2v) is 8.56. The molecule has 0 saturated carbocycles. The van der Waals surface area contributed by atoms with Gasteiger partial charge in [0, 0.05) is 18.3 Å². The lowest BCUT2D eigenvalue weighted by Crippen LogP contribution is -2.40. The van der Waals surface area contributed by atoms with E-state index in [9.17, 15) is 4.79 Å². The first-order valence-corrected chi connectivity index (χ1v) is 11.2. The van der Waals surface area contributed by atoms with Crippen molar-refractivity contribution in [3.8, 4) is 5.75 Å². The molecular weight excluding hydrogens is 394 g/mol. The van der Waals surface area contributed by atoms with Gasteiger partial charge < -0.3 is 10.1 Å². The summed E-state index contributed by atoms with van der Waals surface area (Å²) in [5, 5.41) is 5.19. The van der Waals surface area contributed by atoms with E-state index in [1.165, 1.54) is 16.9 Å². The predicted octanol–water partition coefficient (Wildman–Crippen LogP) is 4.54. The van der Waals surface area contributed by atoms with Gasteiger partial charge in [0.1, 0.15) is 5.75 Å². The number of ether oxygens (including phenoxy) is 1. The number of carbonyl (C=O) groups excluding carboxylic acids is 1. The van der Waals surface area contributed by atoms with Crippen LogP contribution in [-0.2, 0) is 6.54 Å². The van der Waals surface area contributed by atoms with Crippen LogP contribution in [0.3, 0.4) is 0 Å². The summed E-state index contributed by atoms with van der Waals surface area (Å²) in [5.41, 5.74) is 2.15. The first-order valence-electron chi connectivity index (χ1n) is 10.3. The Morgan fingerprint density at radius 2 is 1.97 bits per heavy atom. The lowest BCUT2D eigenvalue weighted by atomic mass is 9.87. The molecule has 0 bridgehead atoms. The molecule has 5 nitrogen and oxygen atoms in total. The molecule has 6 heteroatoms. The number of aromatic nitrogens is 1. The van der Waals surface area contributed by atoms with E-state index >= 15 is 0 Å². The van der Waals surface area contributed by atoms with Crippen molar-refractivity contribution in [2.24, 2.45) is 5.92 Å². The van der Waals surface area contributed by atoms with E-state index in [1.54, 1.807) is 13.3 Å². The van der Waals surface area contributed by atoms with Gasteiger partial charge in [-0.25, -0.2) is 0 Å². The van der Waals surface area contributed by atoms with Gasteiger partial charge in [-0.3, -0.25) is 14.7 Å². The van der Waals surface area contributed by atoms with Crippen molar-refractivity contribution >= 4 is 17.2 Å². The zero-order valence-corrected chi connectivity index (χ0v) is 18.0. The van der Waals surface area contributed by atoms with Gasteiger partial charge in [-0.2, -0.15) is 0 Å². The van der Waals surface area contributed by atoms with Crippen LogP contribution in [0.25, 0.3) is 0 Å². The van der Waals surface area contributed by atoms with E-state index in [1.807, 2.05) is 47.8 Å². The standard InChI is InChI=1S/C24H27N3O2S/c1-29-21-9-3-2-7-19(21)17-27-14-11-18(12-15-27)23(20-8-4-5-13-25-20)26-24(28)22-10-6-16-30-22/h2-10,13,16,18,23H,11-12,14-15,17H2,1H3,(H,26,28)/t23-/m0/s1. The summed E-state index contributed by atoms with van der Waals surface area (Å²) in [6.45, 7) is 2.86. The fraction of sp³-hybridized carbons (Fsp3) is 0.333. The molecule has 156 valence electrons. The Labute approximate surface area is 181 Å². The Balaban J connectivity index is 1.43. The maximum absolute atomic E-state index is 12.8. The number of hydrogen-bond donors (Lipinski definition) is 1. The minimum absolute atomic E-state index is 0.0166. The summed E-state index contributed by atoms with van der Waals surface area (Å²) in [6, 6.07) is 17.8. The summed E-state index contributed by atoms with van der Waals surface area (Å²) < 4.78 is 5.50. The van der Waals surface area contributed by atoms with Crippen LogP contribution in [0.1, 0.15) is 39.8 Å². The molecular formula is C24H27N3O2S. The molecule has 30 heavy (non-hydrogen) atoms. The number of carbonyl (C=O) groups is 1. The number of methoxy groups -OCH3 is 1. The van der Waals surface area contributed by atoms with Crippen LogP contribution >= 0.6 is 11.3 Å². The molecule has 0 aliphatic carbocycles. The predicted molar refractivity (Wildman–Crippen MR) is 120 cm³/mol. The van der Waals surface area contributed by atoms with Crippen LogP contribution in [0, 0.1) is 5.92 Å². The molecule has 0 spiro atoms. The second-order valence-electron chi connectivity index (χ2n) is 7.61. The third-order valence-electron chi connectivity index (χ3n) is 5.73. The molecule has 3 heterocycles. The molecule has 0 unspecified atom stereocenters. The van der Waals surface area contributed by atoms with E-state index in [4.69, 9.17) is 4.74 Å². The van der Waals surface area contributed by atoms with Crippen LogP contribution in [0.4, 0.5) is 0 Å². The van der Waals surface area contributed by atoms with E-state index in [2.05, 4.69) is 27.3 Å². The summed E-state index contributed by atoms with van der Waals surface area (Å²) >= 11 is 1.47. The van der Waals surface area contributed by atoms with Gasteiger partial charge in [0.2, 0.25) is 0 Å². The van der Waals surface area contributed by atoms with E-state index in [0.29, 0.717) is 5.92 Å². The quantitative estimate of drug-likeness (QED) is 0.609. The van der Waals surface area contributed by atoms with Crippen molar-refractivity contribution in [3.05, 3.63) is 82.3 Å². The van der Waals surface area contributed by atoms with Crippen molar-refractivity contribution in [1.82, 2.24) is 15.2 Å². The van der Waals surface area contributed by atoms with Crippen molar-refractivity contribution in [3.63, 3.8) is 0 Å². The minimum Gasteiger partial charge on any atom is -0.496 e.